The van der Waals surface area contributed by atoms with Gasteiger partial charge in [0.2, 0.25) is 5.76 Å². The number of ether oxygens (including phenoxy) is 1. The third-order valence-corrected chi connectivity index (χ3v) is 3.69. The summed E-state index contributed by atoms with van der Waals surface area (Å²) in [5.74, 6) is 0.964. The van der Waals surface area contributed by atoms with Crippen LogP contribution in [0, 0.1) is 0 Å². The smallest absolute Gasteiger partial charge is 0.287 e. The number of nitrogens with two attached hydrogens (primary N) is 1. The Bertz CT molecular complexity index is 795. The number of aromatic nitrogens is 1. The van der Waals surface area contributed by atoms with Crippen molar-refractivity contribution >= 4 is 11.7 Å². The predicted molar refractivity (Wildman–Crippen MR) is 90.3 cm³/mol. The highest BCUT2D eigenvalue weighted by molar-refractivity contribution is 6.00. The van der Waals surface area contributed by atoms with Crippen molar-refractivity contribution < 1.29 is 14.1 Å². The van der Waals surface area contributed by atoms with Crippen molar-refractivity contribution in [3.05, 3.63) is 35.6 Å². The van der Waals surface area contributed by atoms with Crippen LogP contribution < -0.4 is 10.5 Å². The van der Waals surface area contributed by atoms with Crippen molar-refractivity contribution in [2.75, 3.05) is 20.1 Å². The van der Waals surface area contributed by atoms with Crippen LogP contribution in [0.2, 0.25) is 0 Å². The average Bonchev–Trinajstić information content (AvgIpc) is 3.15. The lowest BCUT2D eigenvalue weighted by atomic mass is 10.1. The van der Waals surface area contributed by atoms with E-state index in [1.54, 1.807) is 0 Å². The number of aliphatic imine (C=N–C) groups is 1. The molecule has 1 amide bonds. The Morgan fingerprint density at radius 3 is 2.75 bits per heavy atom. The number of likely N-dealkylation sites (N-methyl/N-ethyl adjacent to an activating group) is 1. The predicted octanol–water partition coefficient (Wildman–Crippen LogP) is 1.92. The van der Waals surface area contributed by atoms with Crippen molar-refractivity contribution in [3.8, 4) is 17.0 Å². The number of rotatable bonds is 5. The zero-order chi connectivity index (χ0) is 17.3. The summed E-state index contributed by atoms with van der Waals surface area (Å²) < 4.78 is 10.9. The van der Waals surface area contributed by atoms with Gasteiger partial charge in [0.15, 0.2) is 0 Å². The molecule has 1 aliphatic rings. The number of benzene rings is 1. The van der Waals surface area contributed by atoms with Gasteiger partial charge in [-0.05, 0) is 26.0 Å². The number of amides is 1. The van der Waals surface area contributed by atoms with Crippen molar-refractivity contribution in [2.24, 2.45) is 10.7 Å². The van der Waals surface area contributed by atoms with E-state index in [0.29, 0.717) is 11.4 Å². The molecule has 0 atom stereocenters. The minimum absolute atomic E-state index is 0.00948. The molecule has 7 heteroatoms. The summed E-state index contributed by atoms with van der Waals surface area (Å²) in [6.45, 7) is 5.60. The first kappa shape index (κ1) is 16.0. The van der Waals surface area contributed by atoms with E-state index >= 15 is 0 Å². The molecular formula is C17H20N4O3. The Morgan fingerprint density at radius 2 is 2.17 bits per heavy atom. The molecule has 1 aromatic heterocycles. The molecule has 0 saturated heterocycles. The number of carbonyl (C=O) groups excluding carboxylic acids is 1. The van der Waals surface area contributed by atoms with E-state index in [4.69, 9.17) is 15.0 Å². The van der Waals surface area contributed by atoms with Crippen molar-refractivity contribution in [1.82, 2.24) is 10.1 Å². The minimum atomic E-state index is -0.654. The molecule has 1 aliphatic heterocycles. The van der Waals surface area contributed by atoms with Gasteiger partial charge >= 0.3 is 0 Å². The first-order valence-electron chi connectivity index (χ1n) is 7.79. The van der Waals surface area contributed by atoms with E-state index in [-0.39, 0.29) is 11.9 Å². The highest BCUT2D eigenvalue weighted by atomic mass is 16.5. The van der Waals surface area contributed by atoms with Crippen LogP contribution in [-0.4, -0.2) is 48.0 Å². The molecule has 7 nitrogen and oxygen atoms in total. The second-order valence-corrected chi connectivity index (χ2v) is 5.95. The zero-order valence-electron chi connectivity index (χ0n) is 13.9. The molecule has 24 heavy (non-hydrogen) atoms. The number of hydrogen-bond donors (Lipinski definition) is 1. The maximum Gasteiger partial charge on any atom is 0.287 e. The number of hydrogen-bond acceptors (Lipinski definition) is 6. The van der Waals surface area contributed by atoms with Crippen LogP contribution in [0.4, 0.5) is 0 Å². The molecule has 126 valence electrons. The number of amidine groups is 1. The van der Waals surface area contributed by atoms with E-state index in [1.165, 1.54) is 6.07 Å². The van der Waals surface area contributed by atoms with Crippen molar-refractivity contribution in [1.29, 1.82) is 0 Å². The van der Waals surface area contributed by atoms with Crippen LogP contribution in [0.3, 0.4) is 0 Å². The highest BCUT2D eigenvalue weighted by Gasteiger charge is 2.19. The minimum Gasteiger partial charge on any atom is -0.490 e. The van der Waals surface area contributed by atoms with Gasteiger partial charge in [0.1, 0.15) is 17.3 Å². The molecule has 0 bridgehead atoms. The molecule has 0 radical (unpaired) electrons. The van der Waals surface area contributed by atoms with Gasteiger partial charge in [-0.15, -0.1) is 0 Å². The first-order valence-corrected chi connectivity index (χ1v) is 7.79. The van der Waals surface area contributed by atoms with Crippen LogP contribution in [0.15, 0.2) is 33.8 Å². The van der Waals surface area contributed by atoms with E-state index in [1.807, 2.05) is 39.1 Å². The Balaban J connectivity index is 2.03. The fraction of sp³-hybridized carbons (Fsp3) is 0.353. The van der Waals surface area contributed by atoms with Crippen LogP contribution in [0.25, 0.3) is 11.3 Å². The third-order valence-electron chi connectivity index (χ3n) is 3.69. The van der Waals surface area contributed by atoms with E-state index in [0.717, 1.165) is 30.1 Å². The first-order chi connectivity index (χ1) is 11.5. The lowest BCUT2D eigenvalue weighted by Crippen LogP contribution is -2.23. The Kier molecular flexibility index (Phi) is 4.24. The Labute approximate surface area is 140 Å². The molecule has 3 rings (SSSR count). The molecule has 0 spiro atoms. The zero-order valence-corrected chi connectivity index (χ0v) is 13.9. The Morgan fingerprint density at radius 1 is 1.38 bits per heavy atom. The number of primary amides is 1. The average molecular weight is 328 g/mol. The summed E-state index contributed by atoms with van der Waals surface area (Å²) in [5.41, 5.74) is 7.45. The molecule has 1 aromatic carbocycles. The monoisotopic (exact) mass is 328 g/mol. The van der Waals surface area contributed by atoms with Crippen molar-refractivity contribution in [3.63, 3.8) is 0 Å². The largest absolute Gasteiger partial charge is 0.490 e. The topological polar surface area (TPSA) is 93.9 Å². The summed E-state index contributed by atoms with van der Waals surface area (Å²) in [4.78, 5) is 17.8. The molecular weight excluding hydrogens is 308 g/mol. The summed E-state index contributed by atoms with van der Waals surface area (Å²) >= 11 is 0. The van der Waals surface area contributed by atoms with E-state index in [9.17, 15) is 4.79 Å². The van der Waals surface area contributed by atoms with Gasteiger partial charge in [0.25, 0.3) is 5.91 Å². The fourth-order valence-electron chi connectivity index (χ4n) is 2.59. The van der Waals surface area contributed by atoms with Gasteiger partial charge in [0.05, 0.1) is 12.6 Å². The maximum atomic E-state index is 11.2. The third kappa shape index (κ3) is 3.10. The van der Waals surface area contributed by atoms with Crippen LogP contribution in [0.1, 0.15) is 30.0 Å². The SMILES string of the molecule is CC(C)Oc1cc(C2=NCCN2C)ccc1-c1cc(C(N)=O)on1. The van der Waals surface area contributed by atoms with Crippen LogP contribution >= 0.6 is 0 Å². The van der Waals surface area contributed by atoms with Gasteiger partial charge in [-0.1, -0.05) is 11.2 Å². The van der Waals surface area contributed by atoms with Crippen molar-refractivity contribution in [2.45, 2.75) is 20.0 Å². The van der Waals surface area contributed by atoms with Gasteiger partial charge in [-0.3, -0.25) is 9.79 Å². The fourth-order valence-corrected chi connectivity index (χ4v) is 2.59. The summed E-state index contributed by atoms with van der Waals surface area (Å²) in [7, 11) is 2.01. The second kappa shape index (κ2) is 6.35. The molecule has 2 aromatic rings. The molecule has 0 aliphatic carbocycles. The summed E-state index contributed by atoms with van der Waals surface area (Å²) in [6, 6.07) is 7.31. The van der Waals surface area contributed by atoms with Gasteiger partial charge in [-0.25, -0.2) is 0 Å². The van der Waals surface area contributed by atoms with E-state index < -0.39 is 5.91 Å². The van der Waals surface area contributed by atoms with Gasteiger partial charge < -0.3 is 19.9 Å². The maximum absolute atomic E-state index is 11.2. The quantitative estimate of drug-likeness (QED) is 0.905. The van der Waals surface area contributed by atoms with Gasteiger partial charge in [-0.2, -0.15) is 0 Å². The number of carbonyl (C=O) groups is 1. The summed E-state index contributed by atoms with van der Waals surface area (Å²) in [6.07, 6.45) is -0.00948. The second-order valence-electron chi connectivity index (χ2n) is 5.95. The van der Waals surface area contributed by atoms with Crippen LogP contribution in [-0.2, 0) is 0 Å². The number of nitrogens with zero attached hydrogens (tertiary/aromatic N) is 3. The van der Waals surface area contributed by atoms with Gasteiger partial charge in [0, 0.05) is 30.8 Å². The molecule has 2 heterocycles. The molecule has 0 unspecified atom stereocenters. The standard InChI is InChI=1S/C17H20N4O3/c1-10(2)23-14-8-11(17-19-6-7-21(17)3)4-5-12(14)13-9-15(16(18)22)24-20-13/h4-5,8-10H,6-7H2,1-3H3,(H2,18,22). The molecule has 0 saturated carbocycles. The van der Waals surface area contributed by atoms with E-state index in [2.05, 4.69) is 15.0 Å². The molecule has 0 fully saturated rings. The molecule has 2 N–H and O–H groups in total. The van der Waals surface area contributed by atoms with Crippen LogP contribution in [0.5, 0.6) is 5.75 Å². The highest BCUT2D eigenvalue weighted by Crippen LogP contribution is 2.32. The Hall–Kier alpha value is -2.83. The normalized spacial score (nSPS) is 14.2. The lowest BCUT2D eigenvalue weighted by Gasteiger charge is -2.17. The summed E-state index contributed by atoms with van der Waals surface area (Å²) in [5, 5.41) is 3.92. The lowest BCUT2D eigenvalue weighted by molar-refractivity contribution is 0.0965.